The first-order chi connectivity index (χ1) is 5.50. The van der Waals surface area contributed by atoms with Gasteiger partial charge in [0.05, 0.1) is 5.51 Å². The summed E-state index contributed by atoms with van der Waals surface area (Å²) in [5, 5.41) is 3.92. The number of allylic oxidation sites excluding steroid dienone is 2. The number of nitrogens with one attached hydrogen (secondary N) is 1. The van der Waals surface area contributed by atoms with Crippen molar-refractivity contribution in [3.05, 3.63) is 40.8 Å². The Kier molecular flexibility index (Phi) is 4.56. The second-order valence-corrected chi connectivity index (χ2v) is 3.10. The molecule has 0 amide bonds. The van der Waals surface area contributed by atoms with Gasteiger partial charge in [0.25, 0.3) is 0 Å². The predicted molar refractivity (Wildman–Crippen MR) is 51.1 cm³/mol. The van der Waals surface area contributed by atoms with E-state index in [4.69, 9.17) is 0 Å². The fourth-order valence-corrected chi connectivity index (χ4v) is 1.19. The van der Waals surface area contributed by atoms with Crippen LogP contribution in [0, 0.1) is 0 Å². The van der Waals surface area contributed by atoms with Crippen molar-refractivity contribution in [1.29, 1.82) is 0 Å². The van der Waals surface area contributed by atoms with Crippen LogP contribution in [-0.2, 0) is 0 Å². The minimum atomic E-state index is 1.58. The molecule has 0 spiro atoms. The Labute approximate surface area is 74.2 Å². The summed E-state index contributed by atoms with van der Waals surface area (Å²) < 4.78 is 2.93. The Morgan fingerprint density at radius 3 is 2.45 bits per heavy atom. The molecule has 0 unspecified atom stereocenters. The van der Waals surface area contributed by atoms with E-state index in [0.717, 1.165) is 0 Å². The maximum absolute atomic E-state index is 3.74. The molecule has 11 heavy (non-hydrogen) atoms. The maximum Gasteiger partial charge on any atom is 0.0791 e. The number of hydrogen-bond acceptors (Lipinski definition) is 4. The second-order valence-electron chi connectivity index (χ2n) is 1.60. The molecular weight excluding hydrogens is 176 g/mol. The summed E-state index contributed by atoms with van der Waals surface area (Å²) in [5.74, 6) is 0. The molecule has 2 rings (SSSR count). The van der Waals surface area contributed by atoms with E-state index in [1.54, 1.807) is 35.0 Å². The molecule has 2 heterocycles. The summed E-state index contributed by atoms with van der Waals surface area (Å²) in [6.45, 7) is 0. The summed E-state index contributed by atoms with van der Waals surface area (Å²) in [6, 6.07) is 0. The van der Waals surface area contributed by atoms with Gasteiger partial charge in [-0.1, -0.05) is 6.08 Å². The number of hydrogen-bond donors (Lipinski definition) is 1. The van der Waals surface area contributed by atoms with Gasteiger partial charge in [0.15, 0.2) is 0 Å². The normalized spacial score (nSPS) is 13.1. The number of thiazole rings is 1. The largest absolute Gasteiger partial charge is 0.333 e. The Bertz CT molecular complexity index is 187. The number of nitrogens with zero attached hydrogens (tertiary/aromatic N) is 1. The molecule has 1 N–H and O–H groups in total. The van der Waals surface area contributed by atoms with Gasteiger partial charge in [0, 0.05) is 17.8 Å². The molecule has 58 valence electrons. The minimum Gasteiger partial charge on any atom is -0.333 e. The average molecular weight is 184 g/mol. The molecule has 1 aromatic heterocycles. The van der Waals surface area contributed by atoms with Crippen molar-refractivity contribution >= 4 is 23.3 Å². The highest BCUT2D eigenvalue weighted by Gasteiger charge is 1.74. The molecule has 2 nitrogen and oxygen atoms in total. The minimum absolute atomic E-state index is 1.58. The Morgan fingerprint density at radius 2 is 2.27 bits per heavy atom. The van der Waals surface area contributed by atoms with Crippen LogP contribution in [0.25, 0.3) is 0 Å². The monoisotopic (exact) mass is 184 g/mol. The van der Waals surface area contributed by atoms with Gasteiger partial charge in [-0.2, -0.15) is 0 Å². The smallest absolute Gasteiger partial charge is 0.0791 e. The van der Waals surface area contributed by atoms with E-state index in [2.05, 4.69) is 9.71 Å². The van der Waals surface area contributed by atoms with Crippen LogP contribution in [0.5, 0.6) is 0 Å². The second kappa shape index (κ2) is 6.00. The molecule has 0 fully saturated rings. The van der Waals surface area contributed by atoms with Crippen molar-refractivity contribution in [1.82, 2.24) is 9.71 Å². The lowest BCUT2D eigenvalue weighted by atomic mass is 10.6. The van der Waals surface area contributed by atoms with Crippen LogP contribution in [0.15, 0.2) is 40.8 Å². The fourth-order valence-electron chi connectivity index (χ4n) is 0.434. The van der Waals surface area contributed by atoms with Gasteiger partial charge in [-0.25, -0.2) is 0 Å². The lowest BCUT2D eigenvalue weighted by molar-refractivity contribution is 1.42. The van der Waals surface area contributed by atoms with Crippen LogP contribution in [0.3, 0.4) is 0 Å². The molecule has 1 aliphatic rings. The van der Waals surface area contributed by atoms with Crippen LogP contribution in [0.1, 0.15) is 0 Å². The quantitative estimate of drug-likeness (QED) is 0.627. The van der Waals surface area contributed by atoms with Crippen molar-refractivity contribution in [2.75, 3.05) is 0 Å². The van der Waals surface area contributed by atoms with Gasteiger partial charge >= 0.3 is 0 Å². The zero-order valence-corrected chi connectivity index (χ0v) is 7.44. The first-order valence-corrected chi connectivity index (χ1v) is 4.87. The van der Waals surface area contributed by atoms with E-state index in [0.29, 0.717) is 0 Å². The standard InChI is InChI=1S/C4H5NS.C3H3NS/c1-2-4-6-5-3-1;1-2-5-3-4-1/h1-5H;1-3H. The van der Waals surface area contributed by atoms with E-state index in [1.807, 2.05) is 29.1 Å². The lowest BCUT2D eigenvalue weighted by Gasteiger charge is -1.93. The molecule has 0 aromatic carbocycles. The number of aromatic nitrogens is 1. The summed E-state index contributed by atoms with van der Waals surface area (Å²) >= 11 is 3.18. The predicted octanol–water partition coefficient (Wildman–Crippen LogP) is 2.41. The van der Waals surface area contributed by atoms with E-state index < -0.39 is 0 Å². The molecule has 4 heteroatoms. The number of rotatable bonds is 0. The summed E-state index contributed by atoms with van der Waals surface area (Å²) in [5.41, 5.74) is 1.79. The Hall–Kier alpha value is -0.740. The van der Waals surface area contributed by atoms with Gasteiger partial charge < -0.3 is 4.72 Å². The van der Waals surface area contributed by atoms with Gasteiger partial charge in [-0.3, -0.25) is 4.98 Å². The summed E-state index contributed by atoms with van der Waals surface area (Å²) in [6.07, 6.45) is 7.60. The first kappa shape index (κ1) is 8.36. The summed E-state index contributed by atoms with van der Waals surface area (Å²) in [4.78, 5) is 3.74. The third kappa shape index (κ3) is 4.64. The molecule has 0 radical (unpaired) electrons. The molecule has 0 aliphatic carbocycles. The van der Waals surface area contributed by atoms with E-state index in [1.165, 1.54) is 0 Å². The highest BCUT2D eigenvalue weighted by atomic mass is 32.2. The molecule has 0 atom stereocenters. The van der Waals surface area contributed by atoms with Gasteiger partial charge in [-0.15, -0.1) is 11.3 Å². The van der Waals surface area contributed by atoms with Crippen molar-refractivity contribution in [3.8, 4) is 0 Å². The van der Waals surface area contributed by atoms with Crippen LogP contribution >= 0.6 is 23.3 Å². The van der Waals surface area contributed by atoms with Crippen LogP contribution in [0.4, 0.5) is 0 Å². The molecular formula is C7H8N2S2. The maximum atomic E-state index is 3.74. The summed E-state index contributed by atoms with van der Waals surface area (Å²) in [7, 11) is 0. The van der Waals surface area contributed by atoms with Gasteiger partial charge in [0.1, 0.15) is 0 Å². The van der Waals surface area contributed by atoms with E-state index >= 15 is 0 Å². The first-order valence-electron chi connectivity index (χ1n) is 3.05. The third-order valence-electron chi connectivity index (χ3n) is 0.837. The lowest BCUT2D eigenvalue weighted by Crippen LogP contribution is -1.88. The van der Waals surface area contributed by atoms with Crippen LogP contribution in [-0.4, -0.2) is 4.98 Å². The topological polar surface area (TPSA) is 24.9 Å². The van der Waals surface area contributed by atoms with Crippen molar-refractivity contribution < 1.29 is 0 Å². The Balaban J connectivity index is 0.000000112. The van der Waals surface area contributed by atoms with Gasteiger partial charge in [-0.05, 0) is 23.4 Å². The van der Waals surface area contributed by atoms with E-state index in [-0.39, 0.29) is 0 Å². The molecule has 1 aliphatic heterocycles. The molecule has 0 bridgehead atoms. The van der Waals surface area contributed by atoms with Crippen LogP contribution in [0.2, 0.25) is 0 Å². The highest BCUT2D eigenvalue weighted by molar-refractivity contribution is 8.00. The third-order valence-corrected chi connectivity index (χ3v) is 1.92. The molecule has 0 saturated heterocycles. The average Bonchev–Trinajstić information content (AvgIpc) is 2.64. The van der Waals surface area contributed by atoms with Crippen molar-refractivity contribution in [2.45, 2.75) is 0 Å². The van der Waals surface area contributed by atoms with Crippen LogP contribution < -0.4 is 4.72 Å². The zero-order chi connectivity index (χ0) is 7.78. The van der Waals surface area contributed by atoms with Crippen molar-refractivity contribution in [3.63, 3.8) is 0 Å². The Morgan fingerprint density at radius 1 is 1.27 bits per heavy atom. The van der Waals surface area contributed by atoms with E-state index in [9.17, 15) is 0 Å². The highest BCUT2D eigenvalue weighted by Crippen LogP contribution is 1.98. The fraction of sp³-hybridized carbons (Fsp3) is 0. The molecule has 0 saturated carbocycles. The van der Waals surface area contributed by atoms with Crippen molar-refractivity contribution in [2.24, 2.45) is 0 Å². The molecule has 1 aromatic rings. The zero-order valence-electron chi connectivity index (χ0n) is 5.81. The SMILES string of the molecule is C1=CNSC=C1.c1cscn1. The van der Waals surface area contributed by atoms with Gasteiger partial charge in [0.2, 0.25) is 0 Å².